The number of thiophene rings is 1. The number of furan rings is 1. The first-order chi connectivity index (χ1) is 8.39. The Balaban J connectivity index is 2.23. The van der Waals surface area contributed by atoms with Crippen molar-refractivity contribution in [3.63, 3.8) is 0 Å². The quantitative estimate of drug-likeness (QED) is 0.731. The minimum Gasteiger partial charge on any atom is -0.454 e. The van der Waals surface area contributed by atoms with Gasteiger partial charge < -0.3 is 9.52 Å². The highest BCUT2D eigenvalue weighted by Crippen LogP contribution is 2.35. The molecule has 2 heterocycles. The van der Waals surface area contributed by atoms with Crippen molar-refractivity contribution in [3.8, 4) is 0 Å². The molecule has 5 heteroatoms. The summed E-state index contributed by atoms with van der Waals surface area (Å²) in [7, 11) is 0. The van der Waals surface area contributed by atoms with Crippen molar-refractivity contribution in [2.75, 3.05) is 0 Å². The van der Waals surface area contributed by atoms with Gasteiger partial charge >= 0.3 is 0 Å². The summed E-state index contributed by atoms with van der Waals surface area (Å²) < 4.78 is 5.37. The first-order valence-electron chi connectivity index (χ1n) is 5.43. The van der Waals surface area contributed by atoms with Gasteiger partial charge in [0.2, 0.25) is 5.78 Å². The van der Waals surface area contributed by atoms with Crippen LogP contribution in [0.25, 0.3) is 0 Å². The lowest BCUT2D eigenvalue weighted by Gasteiger charge is -2.12. The van der Waals surface area contributed by atoms with Crippen molar-refractivity contribution >= 4 is 22.9 Å². The van der Waals surface area contributed by atoms with Gasteiger partial charge in [0.05, 0.1) is 10.4 Å². The van der Waals surface area contributed by atoms with Crippen molar-refractivity contribution in [1.29, 1.82) is 0 Å². The predicted molar refractivity (Wildman–Crippen MR) is 65.1 cm³/mol. The number of rotatable bonds is 1. The Morgan fingerprint density at radius 3 is 2.61 bits per heavy atom. The topological polar surface area (TPSA) is 67.5 Å². The first-order valence-corrected chi connectivity index (χ1v) is 6.31. The van der Waals surface area contributed by atoms with Gasteiger partial charge in [-0.15, -0.1) is 11.3 Å². The number of hydrogen-bond acceptors (Lipinski definition) is 5. The van der Waals surface area contributed by atoms with Crippen LogP contribution in [0.4, 0.5) is 0 Å². The molecule has 0 spiro atoms. The molecule has 0 unspecified atom stereocenters. The van der Waals surface area contributed by atoms with E-state index in [0.717, 1.165) is 0 Å². The van der Waals surface area contributed by atoms with Crippen LogP contribution in [0.15, 0.2) is 21.9 Å². The summed E-state index contributed by atoms with van der Waals surface area (Å²) in [6.45, 7) is 3.09. The van der Waals surface area contributed by atoms with Crippen molar-refractivity contribution in [1.82, 2.24) is 0 Å². The molecule has 1 aliphatic carbocycles. The van der Waals surface area contributed by atoms with Crippen molar-refractivity contribution < 1.29 is 19.1 Å². The molecule has 0 aliphatic heterocycles. The smallest absolute Gasteiger partial charge is 0.239 e. The first kappa shape index (κ1) is 11.4. The molecule has 0 atom stereocenters. The molecule has 92 valence electrons. The molecule has 2 aromatic heterocycles. The molecule has 0 radical (unpaired) electrons. The molecule has 1 N–H and O–H groups in total. The highest BCUT2D eigenvalue weighted by molar-refractivity contribution is 7.12. The number of carbonyl (C=O) groups excluding carboxylic acids is 2. The maximum Gasteiger partial charge on any atom is 0.239 e. The Labute approximate surface area is 107 Å². The summed E-state index contributed by atoms with van der Waals surface area (Å²) in [5.41, 5.74) is -0.561. The van der Waals surface area contributed by atoms with E-state index in [-0.39, 0.29) is 28.7 Å². The van der Waals surface area contributed by atoms with E-state index < -0.39 is 5.60 Å². The molecule has 0 amide bonds. The lowest BCUT2D eigenvalue weighted by atomic mass is 9.94. The predicted octanol–water partition coefficient (Wildman–Crippen LogP) is 2.34. The van der Waals surface area contributed by atoms with E-state index in [1.54, 1.807) is 25.3 Å². The Morgan fingerprint density at radius 2 is 1.94 bits per heavy atom. The highest BCUT2D eigenvalue weighted by atomic mass is 32.1. The van der Waals surface area contributed by atoms with E-state index in [1.165, 1.54) is 17.4 Å². The van der Waals surface area contributed by atoms with Gasteiger partial charge in [-0.2, -0.15) is 0 Å². The van der Waals surface area contributed by atoms with Crippen LogP contribution in [0.3, 0.4) is 0 Å². The zero-order valence-electron chi connectivity index (χ0n) is 9.81. The fraction of sp³-hybridized carbons (Fsp3) is 0.231. The Morgan fingerprint density at radius 1 is 1.22 bits per heavy atom. The molecule has 18 heavy (non-hydrogen) atoms. The molecular weight excluding hydrogens is 252 g/mol. The number of hydrogen-bond donors (Lipinski definition) is 1. The Bertz CT molecular complexity index is 621. The molecule has 0 saturated carbocycles. The fourth-order valence-electron chi connectivity index (χ4n) is 1.94. The largest absolute Gasteiger partial charge is 0.454 e. The van der Waals surface area contributed by atoms with Gasteiger partial charge in [0, 0.05) is 5.56 Å². The van der Waals surface area contributed by atoms with Crippen molar-refractivity contribution in [2.24, 2.45) is 0 Å². The van der Waals surface area contributed by atoms with E-state index >= 15 is 0 Å². The van der Waals surface area contributed by atoms with E-state index in [2.05, 4.69) is 0 Å². The van der Waals surface area contributed by atoms with Gasteiger partial charge in [-0.3, -0.25) is 9.59 Å². The third-order valence-electron chi connectivity index (χ3n) is 2.90. The second kappa shape index (κ2) is 3.40. The molecule has 0 bridgehead atoms. The molecular formula is C13H10O4S. The van der Waals surface area contributed by atoms with Crippen molar-refractivity contribution in [2.45, 2.75) is 19.4 Å². The van der Waals surface area contributed by atoms with Gasteiger partial charge in [0.25, 0.3) is 0 Å². The Kier molecular flexibility index (Phi) is 2.15. The number of carbonyl (C=O) groups is 2. The average Bonchev–Trinajstić information content (AvgIpc) is 2.91. The zero-order valence-corrected chi connectivity index (χ0v) is 10.6. The third kappa shape index (κ3) is 1.41. The molecule has 1 aliphatic rings. The highest BCUT2D eigenvalue weighted by Gasteiger charge is 2.36. The number of fused-ring (bicyclic) bond motifs is 2. The van der Waals surface area contributed by atoms with Crippen LogP contribution in [-0.4, -0.2) is 16.7 Å². The summed E-state index contributed by atoms with van der Waals surface area (Å²) in [6, 6.07) is 3.09. The molecule has 0 saturated heterocycles. The SMILES string of the molecule is CC(C)(O)c1cc2c(o1)C(=O)c1sccc1C2=O. The van der Waals surface area contributed by atoms with Crippen LogP contribution in [0.1, 0.15) is 51.0 Å². The van der Waals surface area contributed by atoms with Crippen LogP contribution in [-0.2, 0) is 5.60 Å². The van der Waals surface area contributed by atoms with Crippen LogP contribution in [0.2, 0.25) is 0 Å². The number of aliphatic hydroxyl groups is 1. The normalized spacial score (nSPS) is 14.6. The third-order valence-corrected chi connectivity index (χ3v) is 3.82. The van der Waals surface area contributed by atoms with Gasteiger partial charge in [0.15, 0.2) is 11.5 Å². The number of ketones is 2. The molecule has 3 rings (SSSR count). The van der Waals surface area contributed by atoms with Crippen LogP contribution >= 0.6 is 11.3 Å². The standard InChI is InChI=1S/C13H10O4S/c1-13(2,16)8-5-7-9(14)6-3-4-18-12(6)10(15)11(7)17-8/h3-5,16H,1-2H3. The fourth-order valence-corrected chi connectivity index (χ4v) is 2.77. The van der Waals surface area contributed by atoms with Crippen LogP contribution in [0.5, 0.6) is 0 Å². The second-order valence-electron chi connectivity index (χ2n) is 4.73. The second-order valence-corrected chi connectivity index (χ2v) is 5.65. The zero-order chi connectivity index (χ0) is 13.1. The summed E-state index contributed by atoms with van der Waals surface area (Å²) >= 11 is 1.22. The van der Waals surface area contributed by atoms with Gasteiger partial charge in [-0.05, 0) is 31.4 Å². The van der Waals surface area contributed by atoms with E-state index in [0.29, 0.717) is 10.4 Å². The van der Waals surface area contributed by atoms with Gasteiger partial charge in [-0.1, -0.05) is 0 Å². The van der Waals surface area contributed by atoms with Gasteiger partial charge in [-0.25, -0.2) is 0 Å². The lowest BCUT2D eigenvalue weighted by molar-refractivity contribution is 0.0526. The van der Waals surface area contributed by atoms with Crippen molar-refractivity contribution in [3.05, 3.63) is 45.0 Å². The monoisotopic (exact) mass is 262 g/mol. The lowest BCUT2D eigenvalue weighted by Crippen LogP contribution is -2.16. The van der Waals surface area contributed by atoms with Crippen LogP contribution in [0, 0.1) is 0 Å². The van der Waals surface area contributed by atoms with Crippen LogP contribution < -0.4 is 0 Å². The Hall–Kier alpha value is -1.72. The van der Waals surface area contributed by atoms with Gasteiger partial charge in [0.1, 0.15) is 11.4 Å². The average molecular weight is 262 g/mol. The summed E-state index contributed by atoms with van der Waals surface area (Å²) in [6.07, 6.45) is 0. The maximum atomic E-state index is 12.2. The molecule has 4 nitrogen and oxygen atoms in total. The van der Waals surface area contributed by atoms with E-state index in [9.17, 15) is 14.7 Å². The summed E-state index contributed by atoms with van der Waals surface area (Å²) in [5, 5.41) is 11.6. The molecule has 2 aromatic rings. The minimum absolute atomic E-state index is 0.0343. The van der Waals surface area contributed by atoms with E-state index in [4.69, 9.17) is 4.42 Å². The minimum atomic E-state index is -1.22. The maximum absolute atomic E-state index is 12.2. The molecule has 0 fully saturated rings. The summed E-state index contributed by atoms with van der Waals surface area (Å²) in [4.78, 5) is 24.7. The molecule has 0 aromatic carbocycles. The summed E-state index contributed by atoms with van der Waals surface area (Å²) in [5.74, 6) is -0.248. The van der Waals surface area contributed by atoms with E-state index in [1.807, 2.05) is 0 Å².